The number of nitro benzene ring substituents is 1. The summed E-state index contributed by atoms with van der Waals surface area (Å²) in [7, 11) is 0. The lowest BCUT2D eigenvalue weighted by Crippen LogP contribution is -2.00. The fraction of sp³-hybridized carbons (Fsp3) is 0. The van der Waals surface area contributed by atoms with Gasteiger partial charge in [-0.15, -0.1) is 0 Å². The predicted molar refractivity (Wildman–Crippen MR) is 60.6 cm³/mol. The van der Waals surface area contributed by atoms with Gasteiger partial charge in [0, 0.05) is 6.07 Å². The molecule has 0 unspecified atom stereocenters. The Hall–Kier alpha value is -2.41. The predicted octanol–water partition coefficient (Wildman–Crippen LogP) is 2.60. The van der Waals surface area contributed by atoms with E-state index in [4.69, 9.17) is 21.1 Å². The molecule has 0 amide bonds. The van der Waals surface area contributed by atoms with Crippen LogP contribution in [-0.2, 0) is 0 Å². The van der Waals surface area contributed by atoms with Crippen LogP contribution >= 0.6 is 11.6 Å². The Morgan fingerprint density at radius 3 is 2.83 bits per heavy atom. The number of aromatic nitrogens is 1. The summed E-state index contributed by atoms with van der Waals surface area (Å²) in [6.45, 7) is 0. The van der Waals surface area contributed by atoms with E-state index in [2.05, 4.69) is 4.98 Å². The molecule has 0 saturated heterocycles. The molecule has 0 aliphatic heterocycles. The van der Waals surface area contributed by atoms with Crippen LogP contribution in [0.1, 0.15) is 10.5 Å². The molecule has 0 aliphatic rings. The molecule has 1 aromatic carbocycles. The van der Waals surface area contributed by atoms with Crippen molar-refractivity contribution in [1.29, 1.82) is 0 Å². The third-order valence-electron chi connectivity index (χ3n) is 2.19. The summed E-state index contributed by atoms with van der Waals surface area (Å²) in [6.07, 6.45) is 0.895. The van der Waals surface area contributed by atoms with Gasteiger partial charge in [-0.25, -0.2) is 9.78 Å². The lowest BCUT2D eigenvalue weighted by atomic mass is 10.1. The van der Waals surface area contributed by atoms with E-state index in [1.165, 1.54) is 18.2 Å². The number of hydrogen-bond donors (Lipinski definition) is 1. The topological polar surface area (TPSA) is 106 Å². The van der Waals surface area contributed by atoms with Crippen molar-refractivity contribution >= 4 is 23.3 Å². The fourth-order valence-corrected chi connectivity index (χ4v) is 1.72. The van der Waals surface area contributed by atoms with Crippen LogP contribution in [0, 0.1) is 10.1 Å². The molecule has 1 heterocycles. The standard InChI is InChI=1S/C10H5ClN2O5/c11-5-2-1-3-6(13(16)17)7(5)9-8(10(14)15)12-4-18-9/h1-4H,(H,14,15). The van der Waals surface area contributed by atoms with Crippen LogP contribution in [0.15, 0.2) is 29.0 Å². The van der Waals surface area contributed by atoms with Gasteiger partial charge in [-0.05, 0) is 6.07 Å². The van der Waals surface area contributed by atoms with Crippen LogP contribution in [0.2, 0.25) is 5.02 Å². The molecular weight excluding hydrogens is 264 g/mol. The molecule has 18 heavy (non-hydrogen) atoms. The van der Waals surface area contributed by atoms with Gasteiger partial charge >= 0.3 is 5.97 Å². The Morgan fingerprint density at radius 1 is 1.50 bits per heavy atom. The summed E-state index contributed by atoms with van der Waals surface area (Å²) in [5.74, 6) is -1.59. The summed E-state index contributed by atoms with van der Waals surface area (Å²) in [5.41, 5.74) is -0.869. The second-order valence-corrected chi connectivity index (χ2v) is 3.63. The molecule has 0 aliphatic carbocycles. The van der Waals surface area contributed by atoms with Gasteiger partial charge in [-0.1, -0.05) is 17.7 Å². The van der Waals surface area contributed by atoms with Crippen molar-refractivity contribution in [3.63, 3.8) is 0 Å². The summed E-state index contributed by atoms with van der Waals surface area (Å²) < 4.78 is 4.90. The number of oxazole rings is 1. The normalized spacial score (nSPS) is 10.3. The van der Waals surface area contributed by atoms with E-state index in [0.717, 1.165) is 6.39 Å². The van der Waals surface area contributed by atoms with Crippen molar-refractivity contribution in [2.24, 2.45) is 0 Å². The number of carbonyl (C=O) groups is 1. The minimum Gasteiger partial charge on any atom is -0.476 e. The number of aromatic carboxylic acids is 1. The van der Waals surface area contributed by atoms with Gasteiger partial charge < -0.3 is 9.52 Å². The van der Waals surface area contributed by atoms with Crippen LogP contribution in [-0.4, -0.2) is 21.0 Å². The first-order valence-electron chi connectivity index (χ1n) is 4.62. The van der Waals surface area contributed by atoms with Gasteiger partial charge in [-0.2, -0.15) is 0 Å². The molecule has 7 nitrogen and oxygen atoms in total. The molecule has 0 radical (unpaired) electrons. The van der Waals surface area contributed by atoms with Crippen LogP contribution in [0.4, 0.5) is 5.69 Å². The maximum absolute atomic E-state index is 10.9. The molecular formula is C10H5ClN2O5. The first-order chi connectivity index (χ1) is 8.52. The lowest BCUT2D eigenvalue weighted by molar-refractivity contribution is -0.384. The number of halogens is 1. The average Bonchev–Trinajstić information content (AvgIpc) is 2.77. The molecule has 2 rings (SSSR count). The Kier molecular flexibility index (Phi) is 2.99. The second kappa shape index (κ2) is 4.46. The van der Waals surface area contributed by atoms with E-state index in [9.17, 15) is 14.9 Å². The SMILES string of the molecule is O=C(O)c1ncoc1-c1c(Cl)cccc1[N+](=O)[O-]. The van der Waals surface area contributed by atoms with E-state index in [0.29, 0.717) is 0 Å². The van der Waals surface area contributed by atoms with Crippen molar-refractivity contribution in [2.45, 2.75) is 0 Å². The summed E-state index contributed by atoms with van der Waals surface area (Å²) >= 11 is 5.86. The van der Waals surface area contributed by atoms with E-state index in [-0.39, 0.29) is 22.0 Å². The molecule has 0 saturated carbocycles. The van der Waals surface area contributed by atoms with Crippen LogP contribution in [0.5, 0.6) is 0 Å². The molecule has 0 fully saturated rings. The van der Waals surface area contributed by atoms with Crippen molar-refractivity contribution < 1.29 is 19.2 Å². The van der Waals surface area contributed by atoms with Crippen molar-refractivity contribution in [1.82, 2.24) is 4.98 Å². The smallest absolute Gasteiger partial charge is 0.358 e. The third kappa shape index (κ3) is 1.91. The highest BCUT2D eigenvalue weighted by Gasteiger charge is 2.27. The molecule has 2 aromatic rings. The number of hydrogen-bond acceptors (Lipinski definition) is 5. The maximum Gasteiger partial charge on any atom is 0.358 e. The maximum atomic E-state index is 10.9. The van der Waals surface area contributed by atoms with E-state index in [1.807, 2.05) is 0 Å². The molecule has 0 atom stereocenters. The molecule has 92 valence electrons. The van der Waals surface area contributed by atoms with Crippen LogP contribution in [0.25, 0.3) is 11.3 Å². The Bertz CT molecular complexity index is 637. The highest BCUT2D eigenvalue weighted by atomic mass is 35.5. The zero-order chi connectivity index (χ0) is 13.3. The van der Waals surface area contributed by atoms with E-state index < -0.39 is 16.6 Å². The van der Waals surface area contributed by atoms with Crippen molar-refractivity contribution in [3.05, 3.63) is 45.4 Å². The number of benzene rings is 1. The van der Waals surface area contributed by atoms with Crippen molar-refractivity contribution in [2.75, 3.05) is 0 Å². The monoisotopic (exact) mass is 268 g/mol. The Balaban J connectivity index is 2.74. The molecule has 1 N–H and O–H groups in total. The van der Waals surface area contributed by atoms with Gasteiger partial charge in [0.05, 0.1) is 9.95 Å². The number of carboxylic acid groups (broad SMARTS) is 1. The quantitative estimate of drug-likeness (QED) is 0.677. The van der Waals surface area contributed by atoms with Gasteiger partial charge in [0.25, 0.3) is 5.69 Å². The number of nitro groups is 1. The van der Waals surface area contributed by atoms with Gasteiger partial charge in [-0.3, -0.25) is 10.1 Å². The highest BCUT2D eigenvalue weighted by molar-refractivity contribution is 6.34. The molecule has 1 aromatic heterocycles. The first-order valence-corrected chi connectivity index (χ1v) is 5.00. The zero-order valence-corrected chi connectivity index (χ0v) is 9.42. The molecule has 8 heteroatoms. The molecule has 0 spiro atoms. The first kappa shape index (κ1) is 12.1. The van der Waals surface area contributed by atoms with Gasteiger partial charge in [0.1, 0.15) is 5.56 Å². The minimum atomic E-state index is -1.35. The Morgan fingerprint density at radius 2 is 2.22 bits per heavy atom. The second-order valence-electron chi connectivity index (χ2n) is 3.23. The Labute approximate surface area is 105 Å². The van der Waals surface area contributed by atoms with E-state index in [1.54, 1.807) is 0 Å². The van der Waals surface area contributed by atoms with Crippen LogP contribution in [0.3, 0.4) is 0 Å². The summed E-state index contributed by atoms with van der Waals surface area (Å²) in [5, 5.41) is 19.8. The average molecular weight is 269 g/mol. The number of rotatable bonds is 3. The van der Waals surface area contributed by atoms with E-state index >= 15 is 0 Å². The lowest BCUT2D eigenvalue weighted by Gasteiger charge is -2.02. The van der Waals surface area contributed by atoms with Gasteiger partial charge in [0.2, 0.25) is 0 Å². The van der Waals surface area contributed by atoms with Gasteiger partial charge in [0.15, 0.2) is 17.8 Å². The largest absolute Gasteiger partial charge is 0.476 e. The number of carboxylic acids is 1. The van der Waals surface area contributed by atoms with Crippen LogP contribution < -0.4 is 0 Å². The zero-order valence-electron chi connectivity index (χ0n) is 8.66. The third-order valence-corrected chi connectivity index (χ3v) is 2.50. The number of nitrogens with zero attached hydrogens (tertiary/aromatic N) is 2. The summed E-state index contributed by atoms with van der Waals surface area (Å²) in [4.78, 5) is 24.6. The van der Waals surface area contributed by atoms with Crippen molar-refractivity contribution in [3.8, 4) is 11.3 Å². The molecule has 0 bridgehead atoms. The fourth-order valence-electron chi connectivity index (χ4n) is 1.47. The minimum absolute atomic E-state index is 0.0171. The highest BCUT2D eigenvalue weighted by Crippen LogP contribution is 2.37. The summed E-state index contributed by atoms with van der Waals surface area (Å²) in [6, 6.07) is 3.99.